The number of fused-ring (bicyclic) bond motifs is 1. The van der Waals surface area contributed by atoms with Gasteiger partial charge in [-0.05, 0) is 36.5 Å². The van der Waals surface area contributed by atoms with Gasteiger partial charge in [-0.3, -0.25) is 9.59 Å². The minimum Gasteiger partial charge on any atom is -0.486 e. The quantitative estimate of drug-likeness (QED) is 0.869. The standard InChI is InChI=1S/C23H24N2O4/c26-22-12-17(14-25(22)19-6-7-20-21(13-19)29-9-8-28-20)23(27)24-18-10-16(11-18)15-4-2-1-3-5-15/h1-7,13,16-18H,8-12,14H2,(H,24,27). The van der Waals surface area contributed by atoms with E-state index in [9.17, 15) is 9.59 Å². The second-order valence-electron chi connectivity index (χ2n) is 8.02. The summed E-state index contributed by atoms with van der Waals surface area (Å²) in [5.74, 6) is 1.50. The second kappa shape index (κ2) is 7.43. The summed E-state index contributed by atoms with van der Waals surface area (Å²) in [5.41, 5.74) is 2.08. The van der Waals surface area contributed by atoms with Crippen LogP contribution < -0.4 is 19.7 Å². The maximum Gasteiger partial charge on any atom is 0.227 e. The number of benzene rings is 2. The van der Waals surface area contributed by atoms with Gasteiger partial charge in [-0.15, -0.1) is 0 Å². The van der Waals surface area contributed by atoms with E-state index >= 15 is 0 Å². The molecule has 2 aliphatic heterocycles. The summed E-state index contributed by atoms with van der Waals surface area (Å²) in [5, 5.41) is 3.14. The van der Waals surface area contributed by atoms with Gasteiger partial charge in [-0.25, -0.2) is 0 Å². The van der Waals surface area contributed by atoms with Crippen LogP contribution in [0.2, 0.25) is 0 Å². The Kier molecular flexibility index (Phi) is 4.62. The van der Waals surface area contributed by atoms with Gasteiger partial charge in [0.25, 0.3) is 0 Å². The summed E-state index contributed by atoms with van der Waals surface area (Å²) in [4.78, 5) is 26.9. The van der Waals surface area contributed by atoms with Crippen LogP contribution in [0.4, 0.5) is 5.69 Å². The Morgan fingerprint density at radius 3 is 2.55 bits per heavy atom. The van der Waals surface area contributed by atoms with E-state index in [1.807, 2.05) is 24.3 Å². The maximum atomic E-state index is 12.7. The van der Waals surface area contributed by atoms with Crippen molar-refractivity contribution in [1.29, 1.82) is 0 Å². The number of carbonyl (C=O) groups is 2. The molecule has 29 heavy (non-hydrogen) atoms. The Morgan fingerprint density at radius 1 is 1.00 bits per heavy atom. The summed E-state index contributed by atoms with van der Waals surface area (Å²) in [7, 11) is 0. The molecule has 6 nitrogen and oxygen atoms in total. The van der Waals surface area contributed by atoms with Crippen LogP contribution in [0, 0.1) is 5.92 Å². The summed E-state index contributed by atoms with van der Waals surface area (Å²) in [6.45, 7) is 1.43. The van der Waals surface area contributed by atoms with Crippen molar-refractivity contribution in [2.75, 3.05) is 24.7 Å². The Bertz CT molecular complexity index is 924. The van der Waals surface area contributed by atoms with E-state index in [1.165, 1.54) is 5.56 Å². The molecule has 2 amide bonds. The number of carbonyl (C=O) groups excluding carboxylic acids is 2. The first-order valence-corrected chi connectivity index (χ1v) is 10.2. The highest BCUT2D eigenvalue weighted by Crippen LogP contribution is 2.38. The Morgan fingerprint density at radius 2 is 1.76 bits per heavy atom. The van der Waals surface area contributed by atoms with Crippen LogP contribution in [0.15, 0.2) is 48.5 Å². The highest BCUT2D eigenvalue weighted by molar-refractivity contribution is 6.00. The number of amides is 2. The second-order valence-corrected chi connectivity index (χ2v) is 8.02. The van der Waals surface area contributed by atoms with Crippen LogP contribution in [0.5, 0.6) is 11.5 Å². The summed E-state index contributed by atoms with van der Waals surface area (Å²) in [6.07, 6.45) is 2.17. The number of rotatable bonds is 4. The van der Waals surface area contributed by atoms with Crippen molar-refractivity contribution in [3.63, 3.8) is 0 Å². The highest BCUT2D eigenvalue weighted by atomic mass is 16.6. The molecule has 1 N–H and O–H groups in total. The molecule has 150 valence electrons. The molecule has 5 rings (SSSR count). The fourth-order valence-corrected chi connectivity index (χ4v) is 4.38. The molecule has 0 bridgehead atoms. The molecule has 0 aromatic heterocycles. The van der Waals surface area contributed by atoms with Gasteiger partial charge in [0.1, 0.15) is 13.2 Å². The zero-order valence-corrected chi connectivity index (χ0v) is 16.2. The van der Waals surface area contributed by atoms with Crippen LogP contribution in [-0.4, -0.2) is 37.6 Å². The van der Waals surface area contributed by atoms with Crippen molar-refractivity contribution in [3.8, 4) is 11.5 Å². The monoisotopic (exact) mass is 392 g/mol. The summed E-state index contributed by atoms with van der Waals surface area (Å²) in [6, 6.07) is 16.1. The summed E-state index contributed by atoms with van der Waals surface area (Å²) >= 11 is 0. The first-order valence-electron chi connectivity index (χ1n) is 10.2. The van der Waals surface area contributed by atoms with Crippen molar-refractivity contribution < 1.29 is 19.1 Å². The molecular formula is C23H24N2O4. The third-order valence-corrected chi connectivity index (χ3v) is 6.09. The van der Waals surface area contributed by atoms with Gasteiger partial charge in [0, 0.05) is 30.8 Å². The average Bonchev–Trinajstić information content (AvgIpc) is 3.12. The van der Waals surface area contributed by atoms with E-state index < -0.39 is 0 Å². The number of ether oxygens (including phenoxy) is 2. The smallest absolute Gasteiger partial charge is 0.227 e. The Hall–Kier alpha value is -3.02. The van der Waals surface area contributed by atoms with Crippen molar-refractivity contribution in [2.45, 2.75) is 31.2 Å². The zero-order valence-electron chi connectivity index (χ0n) is 16.2. The SMILES string of the molecule is O=C(NC1CC(c2ccccc2)C1)C1CC(=O)N(c2ccc3c(c2)OCCO3)C1. The van der Waals surface area contributed by atoms with Crippen LogP contribution in [0.1, 0.15) is 30.7 Å². The molecule has 6 heteroatoms. The van der Waals surface area contributed by atoms with Crippen LogP contribution in [0.3, 0.4) is 0 Å². The van der Waals surface area contributed by atoms with Crippen LogP contribution >= 0.6 is 0 Å². The molecule has 1 saturated carbocycles. The Balaban J connectivity index is 1.18. The topological polar surface area (TPSA) is 67.9 Å². The van der Waals surface area contributed by atoms with E-state index in [0.29, 0.717) is 37.2 Å². The number of hydrogen-bond donors (Lipinski definition) is 1. The number of hydrogen-bond acceptors (Lipinski definition) is 4. The van der Waals surface area contributed by atoms with Gasteiger partial charge in [0.2, 0.25) is 11.8 Å². The van der Waals surface area contributed by atoms with Crippen molar-refractivity contribution in [2.24, 2.45) is 5.92 Å². The molecule has 1 unspecified atom stereocenters. The normalized spacial score (nSPS) is 25.4. The average molecular weight is 392 g/mol. The van der Waals surface area contributed by atoms with Gasteiger partial charge in [-0.1, -0.05) is 30.3 Å². The van der Waals surface area contributed by atoms with Gasteiger partial charge in [0.05, 0.1) is 5.92 Å². The van der Waals surface area contributed by atoms with Gasteiger partial charge in [0.15, 0.2) is 11.5 Å². The van der Waals surface area contributed by atoms with Gasteiger partial charge < -0.3 is 19.7 Å². The molecule has 1 saturated heterocycles. The minimum atomic E-state index is -0.313. The van der Waals surface area contributed by atoms with Crippen LogP contribution in [-0.2, 0) is 9.59 Å². The first kappa shape index (κ1) is 18.0. The lowest BCUT2D eigenvalue weighted by atomic mass is 9.76. The lowest BCUT2D eigenvalue weighted by molar-refractivity contribution is -0.127. The first-order chi connectivity index (χ1) is 14.2. The fraction of sp³-hybridized carbons (Fsp3) is 0.391. The van der Waals surface area contributed by atoms with Crippen molar-refractivity contribution in [1.82, 2.24) is 5.32 Å². The number of anilines is 1. The van der Waals surface area contributed by atoms with Gasteiger partial charge >= 0.3 is 0 Å². The molecule has 2 fully saturated rings. The molecule has 3 aliphatic rings. The largest absolute Gasteiger partial charge is 0.486 e. The van der Waals surface area contributed by atoms with Crippen LogP contribution in [0.25, 0.3) is 0 Å². The molecule has 2 aromatic rings. The summed E-state index contributed by atoms with van der Waals surface area (Å²) < 4.78 is 11.2. The molecule has 2 aromatic carbocycles. The zero-order chi connectivity index (χ0) is 19.8. The van der Waals surface area contributed by atoms with E-state index in [4.69, 9.17) is 9.47 Å². The molecule has 0 radical (unpaired) electrons. The minimum absolute atomic E-state index is 0.0186. The van der Waals surface area contributed by atoms with Crippen molar-refractivity contribution >= 4 is 17.5 Å². The number of nitrogens with zero attached hydrogens (tertiary/aromatic N) is 1. The van der Waals surface area contributed by atoms with E-state index in [0.717, 1.165) is 18.5 Å². The van der Waals surface area contributed by atoms with Gasteiger partial charge in [-0.2, -0.15) is 0 Å². The van der Waals surface area contributed by atoms with E-state index in [-0.39, 0.29) is 30.2 Å². The predicted octanol–water partition coefficient (Wildman–Crippen LogP) is 2.87. The lowest BCUT2D eigenvalue weighted by Gasteiger charge is -2.36. The Labute approximate surface area is 169 Å². The molecule has 2 heterocycles. The third-order valence-electron chi connectivity index (χ3n) is 6.09. The van der Waals surface area contributed by atoms with E-state index in [1.54, 1.807) is 4.90 Å². The van der Waals surface area contributed by atoms with Crippen molar-refractivity contribution in [3.05, 3.63) is 54.1 Å². The predicted molar refractivity (Wildman–Crippen MR) is 108 cm³/mol. The highest BCUT2D eigenvalue weighted by Gasteiger charge is 2.38. The molecule has 1 atom stereocenters. The number of nitrogens with one attached hydrogen (secondary N) is 1. The molecule has 1 aliphatic carbocycles. The van der Waals surface area contributed by atoms with E-state index in [2.05, 4.69) is 29.6 Å². The molecule has 0 spiro atoms. The lowest BCUT2D eigenvalue weighted by Crippen LogP contribution is -2.46. The molecular weight excluding hydrogens is 368 g/mol. The maximum absolute atomic E-state index is 12.7. The third kappa shape index (κ3) is 3.55. The fourth-order valence-electron chi connectivity index (χ4n) is 4.38.